The summed E-state index contributed by atoms with van der Waals surface area (Å²) < 4.78 is 24.1. The number of aromatic carboxylic acids is 1. The van der Waals surface area contributed by atoms with E-state index in [1.54, 1.807) is 30.9 Å². The number of pyridine rings is 2. The first kappa shape index (κ1) is 30.7. The third-order valence-electron chi connectivity index (χ3n) is 9.90. The van der Waals surface area contributed by atoms with Crippen LogP contribution in [0.4, 0.5) is 10.1 Å². The highest BCUT2D eigenvalue weighted by atomic mass is 19.1. The summed E-state index contributed by atoms with van der Waals surface area (Å²) in [6.45, 7) is 5.61. The summed E-state index contributed by atoms with van der Waals surface area (Å²) in [7, 11) is 3.67. The van der Waals surface area contributed by atoms with Crippen LogP contribution in [-0.2, 0) is 26.6 Å². The highest BCUT2D eigenvalue weighted by Gasteiger charge is 2.27. The molecule has 0 bridgehead atoms. The lowest BCUT2D eigenvalue weighted by molar-refractivity contribution is 0.0696. The number of aryl methyl sites for hydroxylation is 2. The standard InChI is InChI=1S/C37H38FN5O4/c1-23-18-26(37(45)46)19-31(38)34(23)25-9-14-41(15-10-25)22-27-20-30-33(8-13-39-35(30)40(27)2)43-17-12-32-29(36(43)44)11-16-42(32)21-24-4-6-28(47-3)7-5-24/h4-8,12-13,17-20,25H,9-11,14-16,21-22H2,1-3H3,(H,45,46). The van der Waals surface area contributed by atoms with Crippen molar-refractivity contribution in [1.29, 1.82) is 0 Å². The second kappa shape index (κ2) is 12.3. The topological polar surface area (TPSA) is 92.8 Å². The summed E-state index contributed by atoms with van der Waals surface area (Å²) >= 11 is 0. The maximum absolute atomic E-state index is 15.0. The number of benzene rings is 2. The van der Waals surface area contributed by atoms with E-state index in [0.29, 0.717) is 24.1 Å². The first-order valence-corrected chi connectivity index (χ1v) is 16.0. The number of carbonyl (C=O) groups is 1. The van der Waals surface area contributed by atoms with Gasteiger partial charge in [0.05, 0.1) is 18.4 Å². The highest BCUT2D eigenvalue weighted by molar-refractivity contribution is 5.88. The van der Waals surface area contributed by atoms with Gasteiger partial charge in [-0.15, -0.1) is 0 Å². The minimum absolute atomic E-state index is 0.00128. The maximum Gasteiger partial charge on any atom is 0.335 e. The minimum Gasteiger partial charge on any atom is -0.497 e. The van der Waals surface area contributed by atoms with Crippen molar-refractivity contribution in [1.82, 2.24) is 19.0 Å². The van der Waals surface area contributed by atoms with Crippen LogP contribution in [0.1, 0.15) is 57.1 Å². The lowest BCUT2D eigenvalue weighted by Gasteiger charge is -2.33. The number of likely N-dealkylation sites (tertiary alicyclic amines) is 1. The van der Waals surface area contributed by atoms with E-state index in [0.717, 1.165) is 90.1 Å². The number of fused-ring (bicyclic) bond motifs is 2. The van der Waals surface area contributed by atoms with Gasteiger partial charge in [-0.1, -0.05) is 12.1 Å². The molecule has 2 aromatic carbocycles. The molecule has 2 aliphatic rings. The third kappa shape index (κ3) is 5.67. The van der Waals surface area contributed by atoms with Gasteiger partial charge < -0.3 is 19.3 Å². The van der Waals surface area contributed by atoms with Crippen molar-refractivity contribution >= 4 is 22.7 Å². The van der Waals surface area contributed by atoms with E-state index in [1.165, 1.54) is 0 Å². The Labute approximate surface area is 272 Å². The van der Waals surface area contributed by atoms with E-state index in [9.17, 15) is 19.1 Å². The van der Waals surface area contributed by atoms with Crippen LogP contribution in [0.15, 0.2) is 71.8 Å². The third-order valence-corrected chi connectivity index (χ3v) is 9.90. The molecule has 2 aliphatic heterocycles. The fourth-order valence-electron chi connectivity index (χ4n) is 7.40. The summed E-state index contributed by atoms with van der Waals surface area (Å²) in [6.07, 6.45) is 5.91. The van der Waals surface area contributed by atoms with Gasteiger partial charge >= 0.3 is 5.97 Å². The van der Waals surface area contributed by atoms with Crippen LogP contribution in [0.3, 0.4) is 0 Å². The van der Waals surface area contributed by atoms with Gasteiger partial charge in [0.25, 0.3) is 5.56 Å². The predicted molar refractivity (Wildman–Crippen MR) is 179 cm³/mol. The fraction of sp³-hybridized carbons (Fsp3) is 0.324. The molecule has 7 rings (SSSR count). The van der Waals surface area contributed by atoms with E-state index in [-0.39, 0.29) is 17.0 Å². The summed E-state index contributed by atoms with van der Waals surface area (Å²) in [5.41, 5.74) is 7.01. The average molecular weight is 636 g/mol. The lowest BCUT2D eigenvalue weighted by atomic mass is 9.85. The molecular weight excluding hydrogens is 597 g/mol. The molecule has 1 fully saturated rings. The molecule has 0 aliphatic carbocycles. The van der Waals surface area contributed by atoms with Gasteiger partial charge in [-0.25, -0.2) is 14.2 Å². The van der Waals surface area contributed by atoms with Crippen LogP contribution in [0, 0.1) is 12.7 Å². The van der Waals surface area contributed by atoms with Crippen molar-refractivity contribution in [2.75, 3.05) is 31.6 Å². The number of methoxy groups -OCH3 is 1. The zero-order valence-corrected chi connectivity index (χ0v) is 26.9. The Morgan fingerprint density at radius 2 is 1.79 bits per heavy atom. The summed E-state index contributed by atoms with van der Waals surface area (Å²) in [5, 5.41) is 10.2. The predicted octanol–water partition coefficient (Wildman–Crippen LogP) is 5.82. The van der Waals surface area contributed by atoms with Crippen LogP contribution >= 0.6 is 0 Å². The second-order valence-electron chi connectivity index (χ2n) is 12.7. The summed E-state index contributed by atoms with van der Waals surface area (Å²) in [4.78, 5) is 34.5. The molecule has 9 nitrogen and oxygen atoms in total. The monoisotopic (exact) mass is 635 g/mol. The van der Waals surface area contributed by atoms with Crippen LogP contribution in [0.2, 0.25) is 0 Å². The number of piperidine rings is 1. The van der Waals surface area contributed by atoms with Crippen LogP contribution in [-0.4, -0.2) is 56.8 Å². The molecular formula is C37H38FN5O4. The van der Waals surface area contributed by atoms with E-state index in [2.05, 4.69) is 37.5 Å². The zero-order chi connectivity index (χ0) is 32.8. The molecule has 0 spiro atoms. The number of anilines is 1. The molecule has 1 N–H and O–H groups in total. The van der Waals surface area contributed by atoms with Gasteiger partial charge in [0.15, 0.2) is 0 Å². The van der Waals surface area contributed by atoms with E-state index in [4.69, 9.17) is 4.74 Å². The largest absolute Gasteiger partial charge is 0.497 e. The molecule has 47 heavy (non-hydrogen) atoms. The molecule has 5 heterocycles. The Bertz CT molecular complexity index is 2020. The van der Waals surface area contributed by atoms with Gasteiger partial charge in [0.1, 0.15) is 17.2 Å². The number of hydrogen-bond acceptors (Lipinski definition) is 6. The van der Waals surface area contributed by atoms with Crippen LogP contribution in [0.5, 0.6) is 5.75 Å². The molecule has 0 unspecified atom stereocenters. The Hall–Kier alpha value is -4.96. The van der Waals surface area contributed by atoms with Gasteiger partial charge in [-0.3, -0.25) is 14.3 Å². The number of ether oxygens (including phenoxy) is 1. The van der Waals surface area contributed by atoms with Crippen molar-refractivity contribution < 1.29 is 19.0 Å². The van der Waals surface area contributed by atoms with E-state index >= 15 is 0 Å². The van der Waals surface area contributed by atoms with Gasteiger partial charge in [0.2, 0.25) is 0 Å². The molecule has 0 saturated carbocycles. The second-order valence-corrected chi connectivity index (χ2v) is 12.7. The maximum atomic E-state index is 15.0. The summed E-state index contributed by atoms with van der Waals surface area (Å²) in [6, 6.07) is 16.8. The minimum atomic E-state index is -1.12. The summed E-state index contributed by atoms with van der Waals surface area (Å²) in [5.74, 6) is -0.674. The Morgan fingerprint density at radius 3 is 2.49 bits per heavy atom. The van der Waals surface area contributed by atoms with E-state index in [1.807, 2.05) is 37.5 Å². The smallest absolute Gasteiger partial charge is 0.335 e. The molecule has 0 radical (unpaired) electrons. The van der Waals surface area contributed by atoms with Crippen molar-refractivity contribution in [3.63, 3.8) is 0 Å². The Morgan fingerprint density at radius 1 is 1.02 bits per heavy atom. The van der Waals surface area contributed by atoms with Gasteiger partial charge in [-0.2, -0.15) is 0 Å². The van der Waals surface area contributed by atoms with Crippen molar-refractivity contribution in [2.45, 2.75) is 45.2 Å². The normalized spacial score (nSPS) is 15.4. The number of nitrogens with zero attached hydrogens (tertiary/aromatic N) is 5. The fourth-order valence-corrected chi connectivity index (χ4v) is 7.40. The molecule has 0 atom stereocenters. The molecule has 10 heteroatoms. The molecule has 3 aromatic heterocycles. The first-order chi connectivity index (χ1) is 22.7. The first-order valence-electron chi connectivity index (χ1n) is 16.0. The van der Waals surface area contributed by atoms with Crippen LogP contribution < -0.4 is 15.2 Å². The highest BCUT2D eigenvalue weighted by Crippen LogP contribution is 2.34. The van der Waals surface area contributed by atoms with Crippen LogP contribution in [0.25, 0.3) is 16.7 Å². The van der Waals surface area contributed by atoms with Gasteiger partial charge in [0, 0.05) is 61.4 Å². The lowest BCUT2D eigenvalue weighted by Crippen LogP contribution is -2.33. The van der Waals surface area contributed by atoms with E-state index < -0.39 is 11.8 Å². The Balaban J connectivity index is 1.09. The van der Waals surface area contributed by atoms with Crippen molar-refractivity contribution in [3.8, 4) is 11.4 Å². The number of carboxylic acid groups (broad SMARTS) is 1. The van der Waals surface area contributed by atoms with Gasteiger partial charge in [-0.05, 0) is 104 Å². The SMILES string of the molecule is COc1ccc(CN2CCc3c2ccn(-c2ccnc4c2cc(CN2CCC(c5c(C)cc(C(=O)O)cc5F)CC2)n4C)c3=O)cc1. The molecule has 0 amide bonds. The number of carboxylic acids is 1. The Kier molecular flexibility index (Phi) is 8.05. The molecule has 5 aromatic rings. The molecule has 1 saturated heterocycles. The van der Waals surface area contributed by atoms with Crippen molar-refractivity contribution in [2.24, 2.45) is 7.05 Å². The zero-order valence-electron chi connectivity index (χ0n) is 26.9. The number of hydrogen-bond donors (Lipinski definition) is 1. The number of halogens is 1. The quantitative estimate of drug-likeness (QED) is 0.230. The number of rotatable bonds is 8. The van der Waals surface area contributed by atoms with Crippen molar-refractivity contribution in [3.05, 3.63) is 117 Å². The number of aromatic nitrogens is 3. The molecule has 242 valence electrons. The average Bonchev–Trinajstić information content (AvgIpc) is 3.62.